The molecule has 0 unspecified atom stereocenters. The van der Waals surface area contributed by atoms with Gasteiger partial charge >= 0.3 is 0 Å². The fourth-order valence-electron chi connectivity index (χ4n) is 2.67. The van der Waals surface area contributed by atoms with Crippen LogP contribution in [0.4, 0.5) is 0 Å². The Balaban J connectivity index is 1.53. The van der Waals surface area contributed by atoms with Gasteiger partial charge in [0.2, 0.25) is 4.77 Å². The quantitative estimate of drug-likeness (QED) is 0.341. The first-order valence-corrected chi connectivity index (χ1v) is 9.53. The van der Waals surface area contributed by atoms with Crippen molar-refractivity contribution < 1.29 is 4.74 Å². The number of ether oxygens (including phenoxy) is 1. The first-order chi connectivity index (χ1) is 13.1. The van der Waals surface area contributed by atoms with Crippen LogP contribution in [0, 0.1) is 4.77 Å². The van der Waals surface area contributed by atoms with Crippen molar-refractivity contribution in [3.05, 3.63) is 76.3 Å². The number of hydrogen-bond donors (Lipinski definition) is 1. The molecule has 6 heteroatoms. The summed E-state index contributed by atoms with van der Waals surface area (Å²) in [7, 11) is 0. The van der Waals surface area contributed by atoms with E-state index in [0.29, 0.717) is 11.4 Å². The maximum Gasteiger partial charge on any atom is 0.216 e. The largest absolute Gasteiger partial charge is 0.494 e. The molecule has 0 aliphatic carbocycles. The summed E-state index contributed by atoms with van der Waals surface area (Å²) in [6, 6.07) is 18.3. The molecule has 1 heterocycles. The number of H-pyrrole nitrogens is 1. The Morgan fingerprint density at radius 1 is 1.15 bits per heavy atom. The molecule has 0 saturated carbocycles. The number of hydrogen-bond acceptors (Lipinski definition) is 4. The summed E-state index contributed by atoms with van der Waals surface area (Å²) in [6.45, 7) is 4.81. The molecule has 0 radical (unpaired) electrons. The van der Waals surface area contributed by atoms with Gasteiger partial charge in [0.15, 0.2) is 5.82 Å². The van der Waals surface area contributed by atoms with Crippen LogP contribution in [-0.2, 0) is 6.42 Å². The predicted molar refractivity (Wildman–Crippen MR) is 111 cm³/mol. The third-order valence-corrected chi connectivity index (χ3v) is 4.38. The van der Waals surface area contributed by atoms with E-state index in [9.17, 15) is 0 Å². The summed E-state index contributed by atoms with van der Waals surface area (Å²) in [5.74, 6) is 1.92. The van der Waals surface area contributed by atoms with Crippen molar-refractivity contribution in [3.8, 4) is 5.75 Å². The predicted octanol–water partition coefficient (Wildman–Crippen LogP) is 4.96. The van der Waals surface area contributed by atoms with E-state index in [0.717, 1.165) is 30.0 Å². The van der Waals surface area contributed by atoms with Crippen LogP contribution in [-0.4, -0.2) is 27.7 Å². The molecular weight excluding hydrogens is 356 g/mol. The molecule has 3 aromatic rings. The van der Waals surface area contributed by atoms with E-state index in [1.165, 1.54) is 5.56 Å². The fourth-order valence-corrected chi connectivity index (χ4v) is 2.86. The third kappa shape index (κ3) is 5.37. The lowest BCUT2D eigenvalue weighted by Gasteiger charge is -2.06. The van der Waals surface area contributed by atoms with Crippen LogP contribution < -0.4 is 4.74 Å². The lowest BCUT2D eigenvalue weighted by molar-refractivity contribution is 0.311. The van der Waals surface area contributed by atoms with Gasteiger partial charge in [0.05, 0.1) is 12.8 Å². The first-order valence-electron chi connectivity index (χ1n) is 9.12. The standard InChI is InChI=1S/C21H24N4OS/c1-16(2)20-23-24-21(27)25(20)22-15-18-10-12-19(13-11-18)26-14-6-9-17-7-4-3-5-8-17/h3-5,7-8,10-13,15-16H,6,9,14H2,1-2H3,(H,24,27)/b22-15-. The van der Waals surface area contributed by atoms with Gasteiger partial charge in [-0.3, -0.25) is 5.10 Å². The van der Waals surface area contributed by atoms with Crippen molar-refractivity contribution in [2.45, 2.75) is 32.6 Å². The zero-order valence-electron chi connectivity index (χ0n) is 15.6. The van der Waals surface area contributed by atoms with E-state index in [2.05, 4.69) is 53.4 Å². The molecular formula is C21H24N4OS. The van der Waals surface area contributed by atoms with Gasteiger partial charge in [0.1, 0.15) is 5.75 Å². The Morgan fingerprint density at radius 2 is 1.89 bits per heavy atom. The second-order valence-corrected chi connectivity index (χ2v) is 6.99. The minimum Gasteiger partial charge on any atom is -0.494 e. The van der Waals surface area contributed by atoms with Crippen LogP contribution in [0.2, 0.25) is 0 Å². The van der Waals surface area contributed by atoms with Crippen molar-refractivity contribution in [1.29, 1.82) is 0 Å². The molecule has 0 saturated heterocycles. The zero-order chi connectivity index (χ0) is 19.1. The van der Waals surface area contributed by atoms with E-state index in [1.807, 2.05) is 30.3 Å². The Bertz CT molecular complexity index is 927. The Morgan fingerprint density at radius 3 is 2.59 bits per heavy atom. The minimum absolute atomic E-state index is 0.238. The van der Waals surface area contributed by atoms with Crippen molar-refractivity contribution in [2.75, 3.05) is 6.61 Å². The summed E-state index contributed by atoms with van der Waals surface area (Å²) in [5, 5.41) is 11.5. The maximum absolute atomic E-state index is 5.82. The number of nitrogens with zero attached hydrogens (tertiary/aromatic N) is 3. The Kier molecular flexibility index (Phi) is 6.54. The van der Waals surface area contributed by atoms with Gasteiger partial charge in [0, 0.05) is 5.92 Å². The summed E-state index contributed by atoms with van der Waals surface area (Å²) in [4.78, 5) is 0. The molecule has 27 heavy (non-hydrogen) atoms. The molecule has 0 aliphatic heterocycles. The highest BCUT2D eigenvalue weighted by Gasteiger charge is 2.08. The van der Waals surface area contributed by atoms with Crippen molar-refractivity contribution in [3.63, 3.8) is 0 Å². The van der Waals surface area contributed by atoms with E-state index in [-0.39, 0.29) is 5.92 Å². The van der Waals surface area contributed by atoms with Gasteiger partial charge in [-0.15, -0.1) is 0 Å². The monoisotopic (exact) mass is 380 g/mol. The minimum atomic E-state index is 0.238. The molecule has 0 amide bonds. The van der Waals surface area contributed by atoms with Crippen LogP contribution in [0.25, 0.3) is 0 Å². The number of nitrogens with one attached hydrogen (secondary N) is 1. The zero-order valence-corrected chi connectivity index (χ0v) is 16.4. The van der Waals surface area contributed by atoms with Crippen molar-refractivity contribution in [2.24, 2.45) is 5.10 Å². The second-order valence-electron chi connectivity index (χ2n) is 6.60. The molecule has 140 valence electrons. The summed E-state index contributed by atoms with van der Waals surface area (Å²) >= 11 is 5.23. The molecule has 0 spiro atoms. The maximum atomic E-state index is 5.82. The summed E-state index contributed by atoms with van der Waals surface area (Å²) < 4.78 is 7.98. The van der Waals surface area contributed by atoms with Gasteiger partial charge in [-0.05, 0) is 60.5 Å². The topological polar surface area (TPSA) is 55.2 Å². The van der Waals surface area contributed by atoms with Crippen molar-refractivity contribution >= 4 is 18.4 Å². The van der Waals surface area contributed by atoms with Gasteiger partial charge in [-0.1, -0.05) is 44.2 Å². The van der Waals surface area contributed by atoms with Gasteiger partial charge in [-0.2, -0.15) is 14.9 Å². The highest BCUT2D eigenvalue weighted by Crippen LogP contribution is 2.14. The SMILES string of the molecule is CC(C)c1n[nH]c(=S)n1/N=C\c1ccc(OCCCc2ccccc2)cc1. The van der Waals surface area contributed by atoms with Gasteiger partial charge < -0.3 is 4.74 Å². The van der Waals surface area contributed by atoms with Gasteiger partial charge in [-0.25, -0.2) is 0 Å². The number of aromatic nitrogens is 3. The van der Waals surface area contributed by atoms with Crippen LogP contribution >= 0.6 is 12.2 Å². The molecule has 5 nitrogen and oxygen atoms in total. The molecule has 0 atom stereocenters. The van der Waals surface area contributed by atoms with E-state index < -0.39 is 0 Å². The second kappa shape index (κ2) is 9.28. The third-order valence-electron chi connectivity index (χ3n) is 4.12. The fraction of sp³-hybridized carbons (Fsp3) is 0.286. The smallest absolute Gasteiger partial charge is 0.216 e. The average Bonchev–Trinajstić information content (AvgIpc) is 3.06. The highest BCUT2D eigenvalue weighted by molar-refractivity contribution is 7.71. The summed E-state index contributed by atoms with van der Waals surface area (Å²) in [6.07, 6.45) is 3.79. The highest BCUT2D eigenvalue weighted by atomic mass is 32.1. The average molecular weight is 381 g/mol. The molecule has 2 aromatic carbocycles. The molecule has 3 rings (SSSR count). The number of benzene rings is 2. The number of aryl methyl sites for hydroxylation is 1. The molecule has 0 aliphatic rings. The summed E-state index contributed by atoms with van der Waals surface area (Å²) in [5.41, 5.74) is 2.32. The van der Waals surface area contributed by atoms with Crippen LogP contribution in [0.15, 0.2) is 59.7 Å². The number of rotatable bonds is 8. The number of aromatic amines is 1. The van der Waals surface area contributed by atoms with Crippen LogP contribution in [0.5, 0.6) is 5.75 Å². The lowest BCUT2D eigenvalue weighted by atomic mass is 10.1. The molecule has 1 aromatic heterocycles. The van der Waals surface area contributed by atoms with E-state index in [1.54, 1.807) is 10.9 Å². The van der Waals surface area contributed by atoms with Crippen LogP contribution in [0.3, 0.4) is 0 Å². The normalized spacial score (nSPS) is 11.4. The van der Waals surface area contributed by atoms with Crippen molar-refractivity contribution in [1.82, 2.24) is 14.9 Å². The molecule has 0 fully saturated rings. The molecule has 0 bridgehead atoms. The molecule has 1 N–H and O–H groups in total. The van der Waals surface area contributed by atoms with Crippen LogP contribution in [0.1, 0.15) is 43.1 Å². The first kappa shape index (κ1) is 19.0. The van der Waals surface area contributed by atoms with E-state index >= 15 is 0 Å². The van der Waals surface area contributed by atoms with E-state index in [4.69, 9.17) is 17.0 Å². The van der Waals surface area contributed by atoms with Gasteiger partial charge in [0.25, 0.3) is 0 Å². The Labute approximate surface area is 164 Å². The lowest BCUT2D eigenvalue weighted by Crippen LogP contribution is -2.01. The Hall–Kier alpha value is -2.73.